The highest BCUT2D eigenvalue weighted by Gasteiger charge is 2.35. The van der Waals surface area contributed by atoms with Crippen molar-refractivity contribution in [3.05, 3.63) is 44.2 Å². The molecule has 1 aliphatic rings. The minimum absolute atomic E-state index is 0.00649. The lowest BCUT2D eigenvalue weighted by Crippen LogP contribution is -2.42. The number of methoxy groups -OCH3 is 2. The maximum atomic E-state index is 14.4. The van der Waals surface area contributed by atoms with E-state index in [4.69, 9.17) is 38.5 Å². The van der Waals surface area contributed by atoms with Crippen molar-refractivity contribution in [3.8, 4) is 11.5 Å². The second-order valence-electron chi connectivity index (χ2n) is 4.83. The molecule has 1 aliphatic heterocycles. The van der Waals surface area contributed by atoms with Crippen LogP contribution in [-0.2, 0) is 9.53 Å². The van der Waals surface area contributed by atoms with Gasteiger partial charge in [0.25, 0.3) is 0 Å². The molecule has 1 unspecified atom stereocenters. The van der Waals surface area contributed by atoms with Crippen LogP contribution in [0.4, 0.5) is 4.39 Å². The Kier molecular flexibility index (Phi) is 6.56. The van der Waals surface area contributed by atoms with Gasteiger partial charge in [-0.15, -0.1) is 0 Å². The summed E-state index contributed by atoms with van der Waals surface area (Å²) in [6.07, 6.45) is -2.25. The number of allylic oxidation sites excluding steroid dienone is 1. The molecule has 0 saturated heterocycles. The van der Waals surface area contributed by atoms with Crippen LogP contribution in [-0.4, -0.2) is 31.5 Å². The first-order valence-electron chi connectivity index (χ1n) is 6.85. The zero-order valence-electron chi connectivity index (χ0n) is 13.2. The van der Waals surface area contributed by atoms with Crippen LogP contribution in [0.5, 0.6) is 11.5 Å². The molecule has 2 N–H and O–H groups in total. The third-order valence-corrected chi connectivity index (χ3v) is 4.68. The number of alkyl halides is 1. The number of hydrogen-bond donors (Lipinski definition) is 1. The summed E-state index contributed by atoms with van der Waals surface area (Å²) < 4.78 is 30.3. The fraction of sp³-hybridized carbons (Fsp3) is 0.267. The molecular weight excluding hydrogens is 442 g/mol. The van der Waals surface area contributed by atoms with Gasteiger partial charge in [-0.05, 0) is 34.1 Å². The second kappa shape index (κ2) is 8.27. The fourth-order valence-corrected chi connectivity index (χ4v) is 3.13. The molecule has 1 aromatic rings. The Balaban J connectivity index is 2.39. The molecule has 1 heterocycles. The maximum absolute atomic E-state index is 14.4. The topological polar surface area (TPSA) is 74.0 Å². The predicted octanol–water partition coefficient (Wildman–Crippen LogP) is 3.79. The first kappa shape index (κ1) is 19.8. The van der Waals surface area contributed by atoms with E-state index in [-0.39, 0.29) is 27.9 Å². The normalized spacial score (nSPS) is 17.7. The van der Waals surface area contributed by atoms with Crippen molar-refractivity contribution < 1.29 is 23.4 Å². The summed E-state index contributed by atoms with van der Waals surface area (Å²) in [5, 5.41) is 0.241. The Bertz CT molecular complexity index is 757. The largest absolute Gasteiger partial charge is 0.496 e. The Morgan fingerprint density at radius 1 is 1.40 bits per heavy atom. The van der Waals surface area contributed by atoms with E-state index in [0.717, 1.165) is 0 Å². The van der Waals surface area contributed by atoms with Crippen molar-refractivity contribution in [2.24, 2.45) is 5.84 Å². The van der Waals surface area contributed by atoms with Crippen molar-refractivity contribution in [3.63, 3.8) is 0 Å². The van der Waals surface area contributed by atoms with E-state index in [9.17, 15) is 9.18 Å². The Morgan fingerprint density at radius 3 is 2.64 bits per heavy atom. The zero-order valence-corrected chi connectivity index (χ0v) is 16.3. The van der Waals surface area contributed by atoms with Gasteiger partial charge in [-0.3, -0.25) is 9.80 Å². The van der Waals surface area contributed by atoms with Gasteiger partial charge >= 0.3 is 5.97 Å². The van der Waals surface area contributed by atoms with Crippen LogP contribution in [0.25, 0.3) is 0 Å². The van der Waals surface area contributed by atoms with Gasteiger partial charge in [-0.25, -0.2) is 10.2 Å². The second-order valence-corrected chi connectivity index (χ2v) is 6.47. The van der Waals surface area contributed by atoms with E-state index >= 15 is 0 Å². The van der Waals surface area contributed by atoms with Crippen LogP contribution in [0, 0.1) is 0 Å². The van der Waals surface area contributed by atoms with Gasteiger partial charge in [0.2, 0.25) is 6.30 Å². The van der Waals surface area contributed by atoms with Crippen LogP contribution < -0.4 is 15.3 Å². The summed E-state index contributed by atoms with van der Waals surface area (Å²) in [6.45, 7) is 0. The maximum Gasteiger partial charge on any atom is 0.311 e. The number of nitrogens with zero attached hydrogens (tertiary/aromatic N) is 1. The molecule has 0 spiro atoms. The molecule has 0 bridgehead atoms. The number of hydrogen-bond acceptors (Lipinski definition) is 6. The average Bonchev–Trinajstić information content (AvgIpc) is 2.60. The van der Waals surface area contributed by atoms with Crippen LogP contribution in [0.15, 0.2) is 44.2 Å². The first-order chi connectivity index (χ1) is 11.8. The molecule has 2 rings (SSSR count). The quantitative estimate of drug-likeness (QED) is 0.413. The smallest absolute Gasteiger partial charge is 0.311 e. The monoisotopic (exact) mass is 454 g/mol. The summed E-state index contributed by atoms with van der Waals surface area (Å²) in [7, 11) is 2.71. The molecular formula is C15H14BrCl2FN2O4. The van der Waals surface area contributed by atoms with Crippen LogP contribution in [0.2, 0.25) is 0 Å². The average molecular weight is 456 g/mol. The molecule has 0 saturated carbocycles. The number of hydrazine groups is 1. The number of esters is 1. The number of rotatable bonds is 5. The fourth-order valence-electron chi connectivity index (χ4n) is 2.02. The van der Waals surface area contributed by atoms with E-state index in [1.807, 2.05) is 0 Å². The number of nitrogens with two attached hydrogens (primary N) is 1. The highest BCUT2D eigenvalue weighted by molar-refractivity contribution is 9.10. The molecule has 0 aromatic heterocycles. The molecule has 0 fully saturated rings. The molecule has 0 radical (unpaired) electrons. The number of ether oxygens (including phenoxy) is 3. The van der Waals surface area contributed by atoms with E-state index < -0.39 is 12.3 Å². The number of carbonyl (C=O) groups is 1. The van der Waals surface area contributed by atoms with E-state index in [1.165, 1.54) is 14.2 Å². The molecule has 25 heavy (non-hydrogen) atoms. The highest BCUT2D eigenvalue weighted by atomic mass is 79.9. The summed E-state index contributed by atoms with van der Waals surface area (Å²) in [4.78, 5) is 11.5. The molecule has 10 heteroatoms. The van der Waals surface area contributed by atoms with Gasteiger partial charge in [-0.1, -0.05) is 23.2 Å². The van der Waals surface area contributed by atoms with Gasteiger partial charge in [0, 0.05) is 0 Å². The van der Waals surface area contributed by atoms with Gasteiger partial charge < -0.3 is 14.2 Å². The number of carbonyl (C=O) groups excluding carboxylic acids is 1. The number of halogens is 4. The van der Waals surface area contributed by atoms with Crippen molar-refractivity contribution in [1.29, 1.82) is 0 Å². The van der Waals surface area contributed by atoms with E-state index in [2.05, 4.69) is 20.7 Å². The molecule has 136 valence electrons. The van der Waals surface area contributed by atoms with Crippen molar-refractivity contribution >= 4 is 45.1 Å². The Hall–Kier alpha value is -1.48. The molecule has 1 atom stereocenters. The predicted molar refractivity (Wildman–Crippen MR) is 94.6 cm³/mol. The zero-order chi connectivity index (χ0) is 18.7. The Labute approximate surface area is 162 Å². The van der Waals surface area contributed by atoms with Crippen LogP contribution in [0.3, 0.4) is 0 Å². The molecule has 1 aromatic carbocycles. The minimum atomic E-state index is -1.92. The number of benzene rings is 1. The standard InChI is InChI=1S/C15H14BrCl2FN2O4/c1-23-10-4-3-7(5-8(10)16)25-14-12(17)9(6-11(22)24-2)21(20)15(19)13(14)18/h3-5,15H,6,20H2,1-2H3. The Morgan fingerprint density at radius 2 is 2.08 bits per heavy atom. The van der Waals surface area contributed by atoms with Crippen LogP contribution >= 0.6 is 39.1 Å². The first-order valence-corrected chi connectivity index (χ1v) is 8.40. The van der Waals surface area contributed by atoms with Gasteiger partial charge in [0.1, 0.15) is 21.6 Å². The third kappa shape index (κ3) is 4.20. The molecule has 0 amide bonds. The lowest BCUT2D eigenvalue weighted by atomic mass is 10.2. The lowest BCUT2D eigenvalue weighted by molar-refractivity contribution is -0.140. The van der Waals surface area contributed by atoms with Crippen molar-refractivity contribution in [2.45, 2.75) is 12.7 Å². The van der Waals surface area contributed by atoms with Gasteiger partial charge in [0.15, 0.2) is 5.76 Å². The van der Waals surface area contributed by atoms with Crippen LogP contribution in [0.1, 0.15) is 6.42 Å². The van der Waals surface area contributed by atoms with Crippen molar-refractivity contribution in [2.75, 3.05) is 14.2 Å². The third-order valence-electron chi connectivity index (χ3n) is 3.32. The van der Waals surface area contributed by atoms with Crippen molar-refractivity contribution in [1.82, 2.24) is 5.01 Å². The lowest BCUT2D eigenvalue weighted by Gasteiger charge is -2.31. The summed E-state index contributed by atoms with van der Waals surface area (Å²) in [6, 6.07) is 4.83. The highest BCUT2D eigenvalue weighted by Crippen LogP contribution is 2.39. The summed E-state index contributed by atoms with van der Waals surface area (Å²) in [5.41, 5.74) is -0.00649. The summed E-state index contributed by atoms with van der Waals surface area (Å²) in [5.74, 6) is 5.78. The summed E-state index contributed by atoms with van der Waals surface area (Å²) >= 11 is 15.5. The molecule has 6 nitrogen and oxygen atoms in total. The van der Waals surface area contributed by atoms with Gasteiger partial charge in [-0.2, -0.15) is 0 Å². The van der Waals surface area contributed by atoms with E-state index in [1.54, 1.807) is 18.2 Å². The van der Waals surface area contributed by atoms with E-state index in [0.29, 0.717) is 21.0 Å². The SMILES string of the molecule is COC(=O)CC1=C(Cl)C(Oc2ccc(OC)c(Br)c2)=C(Cl)C(F)N1N. The molecule has 0 aliphatic carbocycles. The minimum Gasteiger partial charge on any atom is -0.496 e. The van der Waals surface area contributed by atoms with Gasteiger partial charge in [0.05, 0.1) is 30.8 Å².